The zero-order chi connectivity index (χ0) is 28.4. The van der Waals surface area contributed by atoms with Crippen molar-refractivity contribution in [2.75, 3.05) is 13.2 Å². The summed E-state index contributed by atoms with van der Waals surface area (Å²) in [7, 11) is 0. The van der Waals surface area contributed by atoms with Crippen LogP contribution in [0.2, 0.25) is 0 Å². The number of terminal acetylenes is 1. The molecule has 0 aliphatic carbocycles. The van der Waals surface area contributed by atoms with Crippen LogP contribution in [0.3, 0.4) is 0 Å². The molecule has 4 N–H and O–H groups in total. The van der Waals surface area contributed by atoms with Crippen LogP contribution in [-0.4, -0.2) is 48.3 Å². The fourth-order valence-electron chi connectivity index (χ4n) is 4.18. The lowest BCUT2D eigenvalue weighted by molar-refractivity contribution is -0.137. The van der Waals surface area contributed by atoms with E-state index in [2.05, 4.69) is 21.9 Å². The summed E-state index contributed by atoms with van der Waals surface area (Å²) in [5.74, 6) is 1.08. The lowest BCUT2D eigenvalue weighted by Crippen LogP contribution is -2.54. The average Bonchev–Trinajstić information content (AvgIpc) is 2.87. The Kier molecular flexibility index (Phi) is 10.7. The minimum Gasteiger partial charge on any atom is -0.493 e. The molecule has 0 radical (unpaired) electrons. The summed E-state index contributed by atoms with van der Waals surface area (Å²) in [6.07, 6.45) is 0.749. The fraction of sp³-hybridized carbons (Fsp3) is 0.429. The Labute approximate surface area is 224 Å². The third-order valence-electron chi connectivity index (χ3n) is 6.16. The van der Waals surface area contributed by atoms with Crippen molar-refractivity contribution in [1.29, 1.82) is 0 Å². The first-order valence-electron chi connectivity index (χ1n) is 12.6. The monoisotopic (exact) mass is 549 g/mol. The SMILES string of the molecule is C#CCC1NC(=O)CCCCOc2cc(F)cc(c2)CC([C@H](O)CNCc2cccc(C(F)(F)F)c2)NC1=O. The molecule has 0 fully saturated rings. The summed E-state index contributed by atoms with van der Waals surface area (Å²) < 4.78 is 59.0. The van der Waals surface area contributed by atoms with Crippen molar-refractivity contribution in [3.63, 3.8) is 0 Å². The number of carbonyl (C=O) groups is 2. The van der Waals surface area contributed by atoms with Crippen LogP contribution < -0.4 is 20.7 Å². The van der Waals surface area contributed by atoms with Gasteiger partial charge in [0.25, 0.3) is 0 Å². The predicted molar refractivity (Wildman–Crippen MR) is 136 cm³/mol. The molecule has 0 aromatic heterocycles. The van der Waals surface area contributed by atoms with E-state index in [1.165, 1.54) is 24.3 Å². The number of rotatable bonds is 6. The molecule has 2 aromatic carbocycles. The lowest BCUT2D eigenvalue weighted by Gasteiger charge is -2.27. The first kappa shape index (κ1) is 29.9. The topological polar surface area (TPSA) is 99.7 Å². The molecule has 1 aliphatic rings. The second-order valence-corrected chi connectivity index (χ2v) is 9.34. The van der Waals surface area contributed by atoms with Crippen LogP contribution in [0.5, 0.6) is 5.75 Å². The third-order valence-corrected chi connectivity index (χ3v) is 6.16. The molecule has 2 bridgehead atoms. The van der Waals surface area contributed by atoms with Gasteiger partial charge in [0.2, 0.25) is 11.8 Å². The van der Waals surface area contributed by atoms with Gasteiger partial charge in [-0.05, 0) is 48.6 Å². The molecule has 0 saturated heterocycles. The molecular weight excluding hydrogens is 518 g/mol. The number of hydrogen-bond donors (Lipinski definition) is 4. The van der Waals surface area contributed by atoms with Gasteiger partial charge in [0.1, 0.15) is 17.6 Å². The first-order chi connectivity index (χ1) is 18.5. The van der Waals surface area contributed by atoms with Crippen LogP contribution in [0.25, 0.3) is 0 Å². The molecule has 2 aromatic rings. The number of ether oxygens (including phenoxy) is 1. The first-order valence-corrected chi connectivity index (χ1v) is 12.6. The number of benzene rings is 2. The molecule has 210 valence electrons. The molecule has 3 atom stereocenters. The Morgan fingerprint density at radius 1 is 1.15 bits per heavy atom. The number of halogens is 4. The van der Waals surface area contributed by atoms with Crippen molar-refractivity contribution in [2.45, 2.75) is 63.0 Å². The maximum Gasteiger partial charge on any atom is 0.416 e. The summed E-state index contributed by atoms with van der Waals surface area (Å²) in [6.45, 7) is 0.175. The number of hydrogen-bond acceptors (Lipinski definition) is 5. The summed E-state index contributed by atoms with van der Waals surface area (Å²) >= 11 is 0. The van der Waals surface area contributed by atoms with Crippen molar-refractivity contribution in [2.24, 2.45) is 0 Å². The van der Waals surface area contributed by atoms with Gasteiger partial charge < -0.3 is 25.8 Å². The van der Waals surface area contributed by atoms with E-state index in [1.54, 1.807) is 6.07 Å². The maximum absolute atomic E-state index is 14.3. The molecule has 2 unspecified atom stereocenters. The Balaban J connectivity index is 1.78. The van der Waals surface area contributed by atoms with E-state index in [4.69, 9.17) is 11.2 Å². The normalized spacial score (nSPS) is 19.9. The van der Waals surface area contributed by atoms with Crippen molar-refractivity contribution >= 4 is 11.8 Å². The number of fused-ring (bicyclic) bond motifs is 2. The van der Waals surface area contributed by atoms with E-state index in [0.29, 0.717) is 24.0 Å². The molecular formula is C28H31F4N3O4. The van der Waals surface area contributed by atoms with Crippen molar-refractivity contribution < 1.29 is 37.0 Å². The maximum atomic E-state index is 14.3. The molecule has 2 amide bonds. The Hall–Kier alpha value is -3.62. The van der Waals surface area contributed by atoms with Gasteiger partial charge in [-0.3, -0.25) is 9.59 Å². The van der Waals surface area contributed by atoms with E-state index in [1.807, 2.05) is 0 Å². The van der Waals surface area contributed by atoms with Crippen LogP contribution in [0.15, 0.2) is 42.5 Å². The second-order valence-electron chi connectivity index (χ2n) is 9.34. The van der Waals surface area contributed by atoms with E-state index < -0.39 is 41.7 Å². The summed E-state index contributed by atoms with van der Waals surface area (Å²) in [4.78, 5) is 25.4. The van der Waals surface area contributed by atoms with Crippen LogP contribution in [0.4, 0.5) is 17.6 Å². The molecule has 1 heterocycles. The largest absolute Gasteiger partial charge is 0.493 e. The summed E-state index contributed by atoms with van der Waals surface area (Å²) in [5, 5.41) is 19.2. The highest BCUT2D eigenvalue weighted by atomic mass is 19.4. The average molecular weight is 550 g/mol. The number of aliphatic hydroxyl groups is 1. The van der Waals surface area contributed by atoms with Gasteiger partial charge in [0, 0.05) is 32.0 Å². The minimum atomic E-state index is -4.48. The number of alkyl halides is 3. The molecule has 11 heteroatoms. The van der Waals surface area contributed by atoms with Gasteiger partial charge in [-0.1, -0.05) is 18.2 Å². The van der Waals surface area contributed by atoms with Crippen molar-refractivity contribution in [3.8, 4) is 18.1 Å². The predicted octanol–water partition coefficient (Wildman–Crippen LogP) is 3.09. The smallest absolute Gasteiger partial charge is 0.416 e. The molecule has 0 saturated carbocycles. The number of aliphatic hydroxyl groups excluding tert-OH is 1. The molecule has 7 nitrogen and oxygen atoms in total. The van der Waals surface area contributed by atoms with Gasteiger partial charge in [0.05, 0.1) is 24.3 Å². The zero-order valence-corrected chi connectivity index (χ0v) is 21.2. The third kappa shape index (κ3) is 9.57. The van der Waals surface area contributed by atoms with Gasteiger partial charge in [-0.25, -0.2) is 4.39 Å². The van der Waals surface area contributed by atoms with Gasteiger partial charge in [0.15, 0.2) is 0 Å². The van der Waals surface area contributed by atoms with Crippen molar-refractivity contribution in [1.82, 2.24) is 16.0 Å². The van der Waals surface area contributed by atoms with Crippen LogP contribution in [0.1, 0.15) is 42.4 Å². The van der Waals surface area contributed by atoms with E-state index >= 15 is 0 Å². The van der Waals surface area contributed by atoms with Crippen LogP contribution >= 0.6 is 0 Å². The highest BCUT2D eigenvalue weighted by Gasteiger charge is 2.30. The highest BCUT2D eigenvalue weighted by molar-refractivity contribution is 5.88. The highest BCUT2D eigenvalue weighted by Crippen LogP contribution is 2.29. The van der Waals surface area contributed by atoms with Gasteiger partial charge in [-0.2, -0.15) is 13.2 Å². The molecule has 39 heavy (non-hydrogen) atoms. The second kappa shape index (κ2) is 14.0. The van der Waals surface area contributed by atoms with Gasteiger partial charge in [-0.15, -0.1) is 12.3 Å². The van der Waals surface area contributed by atoms with Crippen LogP contribution in [-0.2, 0) is 28.7 Å². The number of amides is 2. The number of nitrogens with one attached hydrogen (secondary N) is 3. The summed E-state index contributed by atoms with van der Waals surface area (Å²) in [5.41, 5.74) is 0.00802. The molecule has 1 aliphatic heterocycles. The van der Waals surface area contributed by atoms with E-state index in [-0.39, 0.29) is 50.6 Å². The van der Waals surface area contributed by atoms with E-state index in [9.17, 15) is 32.3 Å². The quantitative estimate of drug-likeness (QED) is 0.328. The fourth-order valence-corrected chi connectivity index (χ4v) is 4.18. The van der Waals surface area contributed by atoms with E-state index in [0.717, 1.165) is 12.1 Å². The van der Waals surface area contributed by atoms with Gasteiger partial charge >= 0.3 is 6.18 Å². The zero-order valence-electron chi connectivity index (χ0n) is 21.2. The Bertz CT molecular complexity index is 1180. The van der Waals surface area contributed by atoms with Crippen molar-refractivity contribution in [3.05, 3.63) is 65.0 Å². The molecule has 3 rings (SSSR count). The Morgan fingerprint density at radius 3 is 2.69 bits per heavy atom. The minimum absolute atomic E-state index is 0.00296. The Morgan fingerprint density at radius 2 is 1.95 bits per heavy atom. The standard InChI is InChI=1S/C28H31F4N3O4/c1-2-6-23-27(38)35-24(25(36)17-33-16-18-7-5-8-20(11-18)28(30,31)32)14-19-12-21(29)15-22(13-19)39-10-4-3-9-26(37)34-23/h1,5,7-8,11-13,15,23-25,33,36H,3-4,6,9-10,14,16-17H2,(H,34,37)(H,35,38)/t23?,24?,25-/m1/s1. The van der Waals surface area contributed by atoms with Crippen LogP contribution in [0, 0.1) is 18.2 Å². The molecule has 0 spiro atoms. The number of carbonyl (C=O) groups excluding carboxylic acids is 2. The lowest BCUT2D eigenvalue weighted by atomic mass is 9.99. The summed E-state index contributed by atoms with van der Waals surface area (Å²) in [6, 6.07) is 6.86.